The van der Waals surface area contributed by atoms with Crippen LogP contribution in [0, 0.1) is 0 Å². The predicted octanol–water partition coefficient (Wildman–Crippen LogP) is 3.54. The number of nitrogens with one attached hydrogen (secondary N) is 2. The minimum Gasteiger partial charge on any atom is -0.444 e. The molecule has 1 aromatic heterocycles. The summed E-state index contributed by atoms with van der Waals surface area (Å²) in [7, 11) is 0. The van der Waals surface area contributed by atoms with Gasteiger partial charge in [-0.05, 0) is 39.2 Å². The topological polar surface area (TPSA) is 62.5 Å². The number of benzene rings is 1. The molecule has 0 radical (unpaired) electrons. The average molecular weight is 347 g/mol. The first-order valence-electron chi connectivity index (χ1n) is 8.11. The highest BCUT2D eigenvalue weighted by Gasteiger charge is 2.16. The van der Waals surface area contributed by atoms with Gasteiger partial charge in [0.2, 0.25) is 5.89 Å². The minimum absolute atomic E-state index is 0.157. The van der Waals surface area contributed by atoms with E-state index in [0.29, 0.717) is 12.4 Å². The monoisotopic (exact) mass is 346 g/mol. The minimum atomic E-state index is 0.157. The Morgan fingerprint density at radius 2 is 2.00 bits per heavy atom. The van der Waals surface area contributed by atoms with Gasteiger partial charge < -0.3 is 15.1 Å². The van der Waals surface area contributed by atoms with Gasteiger partial charge in [-0.2, -0.15) is 11.8 Å². The molecule has 2 rings (SSSR count). The molecule has 24 heavy (non-hydrogen) atoms. The van der Waals surface area contributed by atoms with Gasteiger partial charge >= 0.3 is 0 Å². The highest BCUT2D eigenvalue weighted by Crippen LogP contribution is 2.20. The molecule has 2 aromatic rings. The Morgan fingerprint density at radius 3 is 2.67 bits per heavy atom. The zero-order valence-electron chi connectivity index (χ0n) is 14.8. The molecule has 1 heterocycles. The molecule has 2 N–H and O–H groups in total. The molecule has 0 atom stereocenters. The third kappa shape index (κ3) is 5.60. The molecule has 0 aliphatic heterocycles. The van der Waals surface area contributed by atoms with Crippen molar-refractivity contribution in [2.45, 2.75) is 32.1 Å². The first kappa shape index (κ1) is 18.4. The average Bonchev–Trinajstić information content (AvgIpc) is 3.07. The van der Waals surface area contributed by atoms with E-state index >= 15 is 0 Å². The van der Waals surface area contributed by atoms with E-state index in [1.54, 1.807) is 6.26 Å². The SMILES string of the molecule is CCNC(=NCc1coc(-c2ccccc2)n1)NCC(C)(C)SC. The van der Waals surface area contributed by atoms with Crippen LogP contribution < -0.4 is 10.6 Å². The molecule has 0 unspecified atom stereocenters. The highest BCUT2D eigenvalue weighted by atomic mass is 32.2. The van der Waals surface area contributed by atoms with E-state index in [0.717, 1.165) is 30.3 Å². The Kier molecular flexibility index (Phi) is 6.73. The lowest BCUT2D eigenvalue weighted by Crippen LogP contribution is -2.43. The number of hydrogen-bond acceptors (Lipinski definition) is 4. The van der Waals surface area contributed by atoms with Crippen LogP contribution in [-0.2, 0) is 6.54 Å². The molecule has 0 aliphatic carbocycles. The predicted molar refractivity (Wildman–Crippen MR) is 102 cm³/mol. The Hall–Kier alpha value is -1.95. The zero-order chi connectivity index (χ0) is 17.4. The molecule has 0 saturated carbocycles. The fraction of sp³-hybridized carbons (Fsp3) is 0.444. The van der Waals surface area contributed by atoms with Crippen molar-refractivity contribution in [3.63, 3.8) is 0 Å². The normalized spacial score (nSPS) is 12.2. The summed E-state index contributed by atoms with van der Waals surface area (Å²) in [4.78, 5) is 9.09. The molecule has 0 spiro atoms. The fourth-order valence-electron chi connectivity index (χ4n) is 1.96. The van der Waals surface area contributed by atoms with Gasteiger partial charge in [0.25, 0.3) is 0 Å². The molecule has 6 heteroatoms. The number of hydrogen-bond donors (Lipinski definition) is 2. The summed E-state index contributed by atoms with van der Waals surface area (Å²) in [6.07, 6.45) is 3.79. The Bertz CT molecular complexity index is 652. The summed E-state index contributed by atoms with van der Waals surface area (Å²) in [6, 6.07) is 9.88. The Balaban J connectivity index is 2.00. The summed E-state index contributed by atoms with van der Waals surface area (Å²) >= 11 is 1.83. The van der Waals surface area contributed by atoms with Gasteiger partial charge in [0.15, 0.2) is 5.96 Å². The summed E-state index contributed by atoms with van der Waals surface area (Å²) in [6.45, 7) is 8.61. The number of oxazole rings is 1. The van der Waals surface area contributed by atoms with Gasteiger partial charge in [-0.3, -0.25) is 0 Å². The second-order valence-corrected chi connectivity index (χ2v) is 7.54. The van der Waals surface area contributed by atoms with E-state index < -0.39 is 0 Å². The summed E-state index contributed by atoms with van der Waals surface area (Å²) in [5.74, 6) is 1.42. The van der Waals surface area contributed by atoms with Crippen molar-refractivity contribution in [2.75, 3.05) is 19.3 Å². The van der Waals surface area contributed by atoms with E-state index in [1.807, 2.05) is 42.1 Å². The lowest BCUT2D eigenvalue weighted by atomic mass is 10.2. The lowest BCUT2D eigenvalue weighted by molar-refractivity contribution is 0.572. The first-order chi connectivity index (χ1) is 11.5. The van der Waals surface area contributed by atoms with Gasteiger partial charge in [-0.25, -0.2) is 9.98 Å². The third-order valence-corrected chi connectivity index (χ3v) is 4.80. The van der Waals surface area contributed by atoms with Crippen molar-refractivity contribution in [3.05, 3.63) is 42.3 Å². The third-order valence-electron chi connectivity index (χ3n) is 3.55. The molecule has 1 aromatic carbocycles. The van der Waals surface area contributed by atoms with Crippen LogP contribution in [0.15, 0.2) is 46.0 Å². The Morgan fingerprint density at radius 1 is 1.25 bits per heavy atom. The van der Waals surface area contributed by atoms with E-state index in [2.05, 4.69) is 47.6 Å². The molecule has 0 bridgehead atoms. The van der Waals surface area contributed by atoms with Crippen LogP contribution in [0.4, 0.5) is 0 Å². The van der Waals surface area contributed by atoms with Gasteiger partial charge in [0.1, 0.15) is 12.0 Å². The molecular formula is C18H26N4OS. The Labute approximate surface area is 148 Å². The number of nitrogens with zero attached hydrogens (tertiary/aromatic N) is 2. The van der Waals surface area contributed by atoms with Gasteiger partial charge in [0.05, 0.1) is 6.54 Å². The van der Waals surface area contributed by atoms with Crippen LogP contribution in [0.1, 0.15) is 26.5 Å². The molecule has 0 amide bonds. The fourth-order valence-corrected chi connectivity index (χ4v) is 2.18. The molecule has 0 aliphatic rings. The number of aromatic nitrogens is 1. The van der Waals surface area contributed by atoms with E-state index in [9.17, 15) is 0 Å². The van der Waals surface area contributed by atoms with E-state index in [1.165, 1.54) is 0 Å². The van der Waals surface area contributed by atoms with Crippen molar-refractivity contribution in [2.24, 2.45) is 4.99 Å². The van der Waals surface area contributed by atoms with Crippen LogP contribution in [0.25, 0.3) is 11.5 Å². The number of aliphatic imine (C=N–C) groups is 1. The van der Waals surface area contributed by atoms with Crippen LogP contribution >= 0.6 is 11.8 Å². The summed E-state index contributed by atoms with van der Waals surface area (Å²) in [5, 5.41) is 6.64. The number of thioether (sulfide) groups is 1. The molecule has 0 fully saturated rings. The molecular weight excluding hydrogens is 320 g/mol. The van der Waals surface area contributed by atoms with Gasteiger partial charge in [-0.1, -0.05) is 18.2 Å². The maximum Gasteiger partial charge on any atom is 0.226 e. The van der Waals surface area contributed by atoms with Crippen LogP contribution in [0.2, 0.25) is 0 Å². The zero-order valence-corrected chi connectivity index (χ0v) is 15.6. The van der Waals surface area contributed by atoms with Gasteiger partial charge in [0, 0.05) is 23.4 Å². The van der Waals surface area contributed by atoms with Crippen molar-refractivity contribution in [1.29, 1.82) is 0 Å². The quantitative estimate of drug-likeness (QED) is 0.593. The van der Waals surface area contributed by atoms with Crippen LogP contribution in [0.3, 0.4) is 0 Å². The van der Waals surface area contributed by atoms with Crippen molar-refractivity contribution in [1.82, 2.24) is 15.6 Å². The lowest BCUT2D eigenvalue weighted by Gasteiger charge is -2.23. The van der Waals surface area contributed by atoms with Crippen molar-refractivity contribution in [3.8, 4) is 11.5 Å². The standard InChI is InChI=1S/C18H26N4OS/c1-5-19-17(21-13-18(2,3)24-4)20-11-15-12-23-16(22-15)14-9-7-6-8-10-14/h6-10,12H,5,11,13H2,1-4H3,(H2,19,20,21). The number of guanidine groups is 1. The second kappa shape index (κ2) is 8.78. The summed E-state index contributed by atoms with van der Waals surface area (Å²) < 4.78 is 5.71. The molecule has 130 valence electrons. The van der Waals surface area contributed by atoms with Gasteiger partial charge in [-0.15, -0.1) is 0 Å². The maximum absolute atomic E-state index is 5.55. The largest absolute Gasteiger partial charge is 0.444 e. The molecule has 5 nitrogen and oxygen atoms in total. The van der Waals surface area contributed by atoms with Crippen LogP contribution in [0.5, 0.6) is 0 Å². The van der Waals surface area contributed by atoms with Crippen molar-refractivity contribution < 1.29 is 4.42 Å². The van der Waals surface area contributed by atoms with Crippen molar-refractivity contribution >= 4 is 17.7 Å². The first-order valence-corrected chi connectivity index (χ1v) is 9.33. The second-order valence-electron chi connectivity index (χ2n) is 6.02. The number of rotatable bonds is 7. The van der Waals surface area contributed by atoms with E-state index in [4.69, 9.17) is 4.42 Å². The molecule has 0 saturated heterocycles. The van der Waals surface area contributed by atoms with Crippen LogP contribution in [-0.4, -0.2) is 35.0 Å². The summed E-state index contributed by atoms with van der Waals surface area (Å²) in [5.41, 5.74) is 1.79. The van der Waals surface area contributed by atoms with E-state index in [-0.39, 0.29) is 4.75 Å². The highest BCUT2D eigenvalue weighted by molar-refractivity contribution is 7.99. The smallest absolute Gasteiger partial charge is 0.226 e. The maximum atomic E-state index is 5.55.